The second-order valence-corrected chi connectivity index (χ2v) is 5.85. The first kappa shape index (κ1) is 18.6. The quantitative estimate of drug-likeness (QED) is 0.563. The van der Waals surface area contributed by atoms with Crippen molar-refractivity contribution in [3.8, 4) is 28.3 Å². The van der Waals surface area contributed by atoms with E-state index in [0.717, 1.165) is 5.56 Å². The molecule has 0 amide bonds. The van der Waals surface area contributed by atoms with Gasteiger partial charge in [-0.05, 0) is 12.1 Å². The van der Waals surface area contributed by atoms with Crippen LogP contribution in [0.25, 0.3) is 22.5 Å². The van der Waals surface area contributed by atoms with Crippen LogP contribution in [-0.2, 0) is 4.79 Å². The molecule has 0 fully saturated rings. The summed E-state index contributed by atoms with van der Waals surface area (Å²) in [5, 5.41) is 28.0. The molecule has 0 aliphatic heterocycles. The minimum absolute atomic E-state index is 0.108. The molecule has 3 rings (SSSR count). The smallest absolute Gasteiger partial charge is 0.329 e. The van der Waals surface area contributed by atoms with Gasteiger partial charge in [0.25, 0.3) is 0 Å². The van der Waals surface area contributed by atoms with E-state index in [-0.39, 0.29) is 13.2 Å². The van der Waals surface area contributed by atoms with Crippen molar-refractivity contribution in [2.75, 3.05) is 19.8 Å². The van der Waals surface area contributed by atoms with Crippen LogP contribution in [0.4, 0.5) is 0 Å². The molecule has 1 aromatic heterocycles. The molecule has 0 aliphatic rings. The number of aliphatic hydroxyl groups is 2. The van der Waals surface area contributed by atoms with E-state index in [0.29, 0.717) is 22.7 Å². The fourth-order valence-corrected chi connectivity index (χ4v) is 2.87. The highest BCUT2D eigenvalue weighted by Crippen LogP contribution is 2.34. The van der Waals surface area contributed by atoms with Gasteiger partial charge in [-0.1, -0.05) is 42.5 Å². The van der Waals surface area contributed by atoms with E-state index in [4.69, 9.17) is 9.84 Å². The summed E-state index contributed by atoms with van der Waals surface area (Å²) in [6.45, 7) is -0.515. The molecule has 140 valence electrons. The van der Waals surface area contributed by atoms with Gasteiger partial charge in [-0.25, -0.2) is 9.78 Å². The summed E-state index contributed by atoms with van der Waals surface area (Å²) < 4.78 is 6.92. The van der Waals surface area contributed by atoms with Crippen molar-refractivity contribution in [1.29, 1.82) is 0 Å². The van der Waals surface area contributed by atoms with Gasteiger partial charge in [-0.15, -0.1) is 0 Å². The van der Waals surface area contributed by atoms with Gasteiger partial charge >= 0.3 is 5.97 Å². The van der Waals surface area contributed by atoms with Gasteiger partial charge < -0.3 is 24.6 Å². The number of aliphatic carboxylic acids is 1. The number of nitrogens with zero attached hydrogens (tertiary/aromatic N) is 2. The highest BCUT2D eigenvalue weighted by atomic mass is 16.5. The predicted octanol–water partition coefficient (Wildman–Crippen LogP) is 2.21. The molecule has 0 radical (unpaired) electrons. The number of ether oxygens (including phenoxy) is 1. The number of aliphatic hydroxyl groups excluding tert-OH is 2. The number of aromatic nitrogens is 2. The number of carboxylic acids is 1. The van der Waals surface area contributed by atoms with Crippen LogP contribution in [0.1, 0.15) is 6.04 Å². The van der Waals surface area contributed by atoms with Crippen molar-refractivity contribution in [2.45, 2.75) is 6.04 Å². The molecule has 1 heterocycles. The minimum Gasteiger partial charge on any atom is -0.491 e. The average Bonchev–Trinajstić information content (AvgIpc) is 3.12. The molecule has 0 spiro atoms. The van der Waals surface area contributed by atoms with Gasteiger partial charge in [-0.2, -0.15) is 0 Å². The van der Waals surface area contributed by atoms with Gasteiger partial charge in [0, 0.05) is 11.1 Å². The zero-order valence-corrected chi connectivity index (χ0v) is 14.5. The van der Waals surface area contributed by atoms with Crippen LogP contribution in [0.15, 0.2) is 60.9 Å². The third kappa shape index (κ3) is 3.99. The van der Waals surface area contributed by atoms with Crippen LogP contribution in [0.5, 0.6) is 5.75 Å². The number of rotatable bonds is 8. The molecule has 7 heteroatoms. The number of carbonyl (C=O) groups is 1. The summed E-state index contributed by atoms with van der Waals surface area (Å²) in [4.78, 5) is 16.0. The Hall–Kier alpha value is -3.16. The van der Waals surface area contributed by atoms with Gasteiger partial charge in [0.15, 0.2) is 6.04 Å². The maximum Gasteiger partial charge on any atom is 0.329 e. The molecule has 0 saturated heterocycles. The largest absolute Gasteiger partial charge is 0.491 e. The molecule has 7 nitrogen and oxygen atoms in total. The Bertz CT molecular complexity index is 908. The van der Waals surface area contributed by atoms with Crippen LogP contribution in [0, 0.1) is 0 Å². The number of imidazole rings is 1. The molecule has 2 aromatic carbocycles. The third-order valence-corrected chi connectivity index (χ3v) is 4.10. The van der Waals surface area contributed by atoms with Gasteiger partial charge in [0.1, 0.15) is 12.4 Å². The Morgan fingerprint density at radius 2 is 1.81 bits per heavy atom. The monoisotopic (exact) mass is 368 g/mol. The third-order valence-electron chi connectivity index (χ3n) is 4.10. The molecular weight excluding hydrogens is 348 g/mol. The van der Waals surface area contributed by atoms with Crippen LogP contribution in [0.2, 0.25) is 0 Å². The van der Waals surface area contributed by atoms with Gasteiger partial charge in [0.05, 0.1) is 30.9 Å². The topological polar surface area (TPSA) is 105 Å². The highest BCUT2D eigenvalue weighted by molar-refractivity contribution is 5.81. The SMILES string of the molecule is O=C(O)[C@H](CO)n1cnc(-c2ccccc2)c1-c1cccc(OCCO)c1. The van der Waals surface area contributed by atoms with E-state index < -0.39 is 18.6 Å². The standard InChI is InChI=1S/C20H20N2O5/c23-9-10-27-16-8-4-7-15(11-16)19-18(14-5-2-1-3-6-14)21-13-22(19)17(12-24)20(25)26/h1-8,11,13,17,23-24H,9-10,12H2,(H,25,26)/t17-/m0/s1. The summed E-state index contributed by atoms with van der Waals surface area (Å²) in [5.41, 5.74) is 2.70. The van der Waals surface area contributed by atoms with Crippen molar-refractivity contribution in [2.24, 2.45) is 0 Å². The summed E-state index contributed by atoms with van der Waals surface area (Å²) >= 11 is 0. The van der Waals surface area contributed by atoms with Crippen molar-refractivity contribution >= 4 is 5.97 Å². The summed E-state index contributed by atoms with van der Waals surface area (Å²) in [7, 11) is 0. The molecule has 0 unspecified atom stereocenters. The van der Waals surface area contributed by atoms with E-state index in [1.165, 1.54) is 10.9 Å². The van der Waals surface area contributed by atoms with E-state index >= 15 is 0 Å². The second-order valence-electron chi connectivity index (χ2n) is 5.85. The van der Waals surface area contributed by atoms with Gasteiger partial charge in [-0.3, -0.25) is 0 Å². The van der Waals surface area contributed by atoms with Crippen LogP contribution >= 0.6 is 0 Å². The number of benzene rings is 2. The number of hydrogen-bond acceptors (Lipinski definition) is 5. The molecule has 0 bridgehead atoms. The zero-order chi connectivity index (χ0) is 19.2. The van der Waals surface area contributed by atoms with Gasteiger partial charge in [0.2, 0.25) is 0 Å². The minimum atomic E-state index is -1.16. The summed E-state index contributed by atoms with van der Waals surface area (Å²) in [6.07, 6.45) is 1.42. The van der Waals surface area contributed by atoms with Crippen molar-refractivity contribution in [1.82, 2.24) is 9.55 Å². The lowest BCUT2D eigenvalue weighted by atomic mass is 10.0. The molecule has 3 aromatic rings. The van der Waals surface area contributed by atoms with Crippen LogP contribution < -0.4 is 4.74 Å². The maximum absolute atomic E-state index is 11.6. The van der Waals surface area contributed by atoms with Crippen molar-refractivity contribution in [3.05, 3.63) is 60.9 Å². The molecular formula is C20H20N2O5. The van der Waals surface area contributed by atoms with E-state index in [9.17, 15) is 15.0 Å². The first-order chi connectivity index (χ1) is 13.2. The van der Waals surface area contributed by atoms with Crippen molar-refractivity contribution in [3.63, 3.8) is 0 Å². The highest BCUT2D eigenvalue weighted by Gasteiger charge is 2.25. The Balaban J connectivity index is 2.16. The number of carboxylic acid groups (broad SMARTS) is 1. The Morgan fingerprint density at radius 1 is 1.07 bits per heavy atom. The normalized spacial score (nSPS) is 11.9. The molecule has 1 atom stereocenters. The first-order valence-corrected chi connectivity index (χ1v) is 8.45. The second kappa shape index (κ2) is 8.48. The Kier molecular flexibility index (Phi) is 5.85. The Labute approximate surface area is 156 Å². The number of hydrogen-bond donors (Lipinski definition) is 3. The van der Waals surface area contributed by atoms with Crippen LogP contribution in [-0.4, -0.2) is 50.7 Å². The molecule has 27 heavy (non-hydrogen) atoms. The van der Waals surface area contributed by atoms with Crippen LogP contribution in [0.3, 0.4) is 0 Å². The lowest BCUT2D eigenvalue weighted by molar-refractivity contribution is -0.142. The van der Waals surface area contributed by atoms with Crippen molar-refractivity contribution < 1.29 is 24.9 Å². The molecule has 0 aliphatic carbocycles. The fourth-order valence-electron chi connectivity index (χ4n) is 2.87. The summed E-state index contributed by atoms with van der Waals surface area (Å²) in [6, 6.07) is 15.4. The summed E-state index contributed by atoms with van der Waals surface area (Å²) in [5.74, 6) is -0.604. The molecule has 3 N–H and O–H groups in total. The van der Waals surface area contributed by atoms with E-state index in [1.54, 1.807) is 18.2 Å². The maximum atomic E-state index is 11.6. The molecule has 0 saturated carbocycles. The zero-order valence-electron chi connectivity index (χ0n) is 14.5. The predicted molar refractivity (Wildman–Crippen MR) is 99.4 cm³/mol. The lowest BCUT2D eigenvalue weighted by Gasteiger charge is -2.16. The van der Waals surface area contributed by atoms with E-state index in [2.05, 4.69) is 4.98 Å². The van der Waals surface area contributed by atoms with E-state index in [1.807, 2.05) is 36.4 Å². The lowest BCUT2D eigenvalue weighted by Crippen LogP contribution is -2.22. The Morgan fingerprint density at radius 3 is 2.48 bits per heavy atom. The average molecular weight is 368 g/mol. The first-order valence-electron chi connectivity index (χ1n) is 8.45. The fraction of sp³-hybridized carbons (Fsp3) is 0.200.